The van der Waals surface area contributed by atoms with Gasteiger partial charge in [-0.3, -0.25) is 0 Å². The zero-order chi connectivity index (χ0) is 7.45. The summed E-state index contributed by atoms with van der Waals surface area (Å²) in [5.41, 5.74) is 0.342. The second kappa shape index (κ2) is 3.38. The lowest BCUT2D eigenvalue weighted by atomic mass is 10.00. The molecule has 60 valence electrons. The molecule has 0 radical (unpaired) electrons. The van der Waals surface area contributed by atoms with Crippen LogP contribution in [-0.2, 0) is 4.74 Å². The lowest BCUT2D eigenvalue weighted by Crippen LogP contribution is -2.07. The van der Waals surface area contributed by atoms with Crippen LogP contribution >= 0.6 is 0 Å². The Morgan fingerprint density at radius 2 is 2.00 bits per heavy atom. The third-order valence-corrected chi connectivity index (χ3v) is 2.43. The SMILES string of the molecule is CCCCCC1(CC)CO1. The third kappa shape index (κ3) is 1.98. The quantitative estimate of drug-likeness (QED) is 0.425. The smallest absolute Gasteiger partial charge is 0.0914 e. The van der Waals surface area contributed by atoms with Crippen LogP contribution in [0.2, 0.25) is 0 Å². The summed E-state index contributed by atoms with van der Waals surface area (Å²) < 4.78 is 5.39. The van der Waals surface area contributed by atoms with Gasteiger partial charge in [0.25, 0.3) is 0 Å². The van der Waals surface area contributed by atoms with Crippen LogP contribution in [0, 0.1) is 0 Å². The lowest BCUT2D eigenvalue weighted by Gasteiger charge is -2.06. The van der Waals surface area contributed by atoms with E-state index < -0.39 is 0 Å². The van der Waals surface area contributed by atoms with Gasteiger partial charge in [-0.25, -0.2) is 0 Å². The van der Waals surface area contributed by atoms with E-state index in [1.807, 2.05) is 0 Å². The second-order valence-corrected chi connectivity index (χ2v) is 3.28. The predicted molar refractivity (Wildman–Crippen MR) is 43.1 cm³/mol. The Morgan fingerprint density at radius 3 is 2.40 bits per heavy atom. The van der Waals surface area contributed by atoms with Gasteiger partial charge in [0.1, 0.15) is 0 Å². The van der Waals surface area contributed by atoms with E-state index in [2.05, 4.69) is 13.8 Å². The van der Waals surface area contributed by atoms with Crippen molar-refractivity contribution in [2.45, 2.75) is 51.6 Å². The van der Waals surface area contributed by atoms with Crippen molar-refractivity contribution in [3.63, 3.8) is 0 Å². The summed E-state index contributed by atoms with van der Waals surface area (Å²) in [4.78, 5) is 0. The lowest BCUT2D eigenvalue weighted by molar-refractivity contribution is 0.275. The molecule has 0 N–H and O–H groups in total. The van der Waals surface area contributed by atoms with Crippen LogP contribution in [0.1, 0.15) is 46.0 Å². The molecule has 0 spiro atoms. The summed E-state index contributed by atoms with van der Waals surface area (Å²) in [6.45, 7) is 5.48. The van der Waals surface area contributed by atoms with E-state index >= 15 is 0 Å². The molecule has 1 aliphatic rings. The molecule has 0 aliphatic carbocycles. The van der Waals surface area contributed by atoms with E-state index in [4.69, 9.17) is 4.74 Å². The normalized spacial score (nSPS) is 30.6. The highest BCUT2D eigenvalue weighted by Gasteiger charge is 2.41. The Labute approximate surface area is 63.8 Å². The van der Waals surface area contributed by atoms with Gasteiger partial charge in [-0.1, -0.05) is 33.1 Å². The predicted octanol–water partition coefficient (Wildman–Crippen LogP) is 2.75. The van der Waals surface area contributed by atoms with Crippen molar-refractivity contribution in [1.29, 1.82) is 0 Å². The number of epoxide rings is 1. The van der Waals surface area contributed by atoms with Crippen LogP contribution in [0.15, 0.2) is 0 Å². The molecule has 1 aliphatic heterocycles. The van der Waals surface area contributed by atoms with E-state index in [-0.39, 0.29) is 0 Å². The highest BCUT2D eigenvalue weighted by molar-refractivity contribution is 4.89. The Morgan fingerprint density at radius 1 is 1.30 bits per heavy atom. The zero-order valence-electron chi connectivity index (χ0n) is 7.15. The summed E-state index contributed by atoms with van der Waals surface area (Å²) in [7, 11) is 0. The molecule has 0 amide bonds. The van der Waals surface area contributed by atoms with Gasteiger partial charge in [0.05, 0.1) is 12.2 Å². The summed E-state index contributed by atoms with van der Waals surface area (Å²) in [6, 6.07) is 0. The van der Waals surface area contributed by atoms with Gasteiger partial charge in [-0.15, -0.1) is 0 Å². The van der Waals surface area contributed by atoms with Crippen LogP contribution in [0.25, 0.3) is 0 Å². The molecule has 0 saturated carbocycles. The monoisotopic (exact) mass is 142 g/mol. The van der Waals surface area contributed by atoms with Crippen molar-refractivity contribution in [3.05, 3.63) is 0 Å². The highest BCUT2D eigenvalue weighted by Crippen LogP contribution is 2.35. The molecule has 0 aromatic rings. The molecular weight excluding hydrogens is 124 g/mol. The van der Waals surface area contributed by atoms with E-state index in [1.165, 1.54) is 32.1 Å². The highest BCUT2D eigenvalue weighted by atomic mass is 16.6. The molecule has 0 aromatic carbocycles. The Bertz CT molecular complexity index is 94.9. The minimum atomic E-state index is 0.342. The fourth-order valence-electron chi connectivity index (χ4n) is 1.32. The summed E-state index contributed by atoms with van der Waals surface area (Å²) in [5, 5.41) is 0. The number of hydrogen-bond acceptors (Lipinski definition) is 1. The molecule has 1 heterocycles. The van der Waals surface area contributed by atoms with Gasteiger partial charge in [0.15, 0.2) is 0 Å². The molecule has 1 fully saturated rings. The summed E-state index contributed by atoms with van der Waals surface area (Å²) >= 11 is 0. The molecule has 0 aromatic heterocycles. The minimum Gasteiger partial charge on any atom is -0.370 e. The van der Waals surface area contributed by atoms with Crippen LogP contribution in [0.3, 0.4) is 0 Å². The number of ether oxygens (including phenoxy) is 1. The maximum Gasteiger partial charge on any atom is 0.0914 e. The van der Waals surface area contributed by atoms with Gasteiger partial charge >= 0.3 is 0 Å². The van der Waals surface area contributed by atoms with Gasteiger partial charge in [-0.05, 0) is 12.8 Å². The fourth-order valence-corrected chi connectivity index (χ4v) is 1.32. The first-order chi connectivity index (χ1) is 4.83. The first-order valence-corrected chi connectivity index (χ1v) is 4.47. The minimum absolute atomic E-state index is 0.342. The number of unbranched alkanes of at least 4 members (excludes halogenated alkanes) is 2. The molecule has 1 rings (SSSR count). The molecule has 1 unspecified atom stereocenters. The van der Waals surface area contributed by atoms with Gasteiger partial charge in [0.2, 0.25) is 0 Å². The van der Waals surface area contributed by atoms with Crippen molar-refractivity contribution in [2.75, 3.05) is 6.61 Å². The Kier molecular flexibility index (Phi) is 2.72. The van der Waals surface area contributed by atoms with Crippen molar-refractivity contribution >= 4 is 0 Å². The third-order valence-electron chi connectivity index (χ3n) is 2.43. The van der Waals surface area contributed by atoms with Gasteiger partial charge < -0.3 is 4.74 Å². The number of hydrogen-bond donors (Lipinski definition) is 0. The van der Waals surface area contributed by atoms with Crippen LogP contribution in [0.5, 0.6) is 0 Å². The molecule has 1 saturated heterocycles. The van der Waals surface area contributed by atoms with E-state index in [0.717, 1.165) is 6.61 Å². The summed E-state index contributed by atoms with van der Waals surface area (Å²) in [5.74, 6) is 0. The van der Waals surface area contributed by atoms with Crippen molar-refractivity contribution < 1.29 is 4.74 Å². The zero-order valence-corrected chi connectivity index (χ0v) is 7.15. The maximum atomic E-state index is 5.39. The van der Waals surface area contributed by atoms with Crippen LogP contribution in [-0.4, -0.2) is 12.2 Å². The van der Waals surface area contributed by atoms with Crippen molar-refractivity contribution in [1.82, 2.24) is 0 Å². The first-order valence-electron chi connectivity index (χ1n) is 4.47. The van der Waals surface area contributed by atoms with Gasteiger partial charge in [-0.2, -0.15) is 0 Å². The molecular formula is C9H18O. The molecule has 10 heavy (non-hydrogen) atoms. The van der Waals surface area contributed by atoms with E-state index in [1.54, 1.807) is 0 Å². The Balaban J connectivity index is 2.01. The van der Waals surface area contributed by atoms with Gasteiger partial charge in [0, 0.05) is 0 Å². The number of rotatable bonds is 5. The standard InChI is InChI=1S/C9H18O/c1-3-5-6-7-9(4-2)8-10-9/h3-8H2,1-2H3. The second-order valence-electron chi connectivity index (χ2n) is 3.28. The molecule has 0 bridgehead atoms. The summed E-state index contributed by atoms with van der Waals surface area (Å²) in [6.07, 6.45) is 6.53. The molecule has 1 heteroatoms. The van der Waals surface area contributed by atoms with Crippen LogP contribution in [0.4, 0.5) is 0 Å². The van der Waals surface area contributed by atoms with Crippen molar-refractivity contribution in [3.8, 4) is 0 Å². The molecule has 1 atom stereocenters. The van der Waals surface area contributed by atoms with Crippen LogP contribution < -0.4 is 0 Å². The van der Waals surface area contributed by atoms with E-state index in [9.17, 15) is 0 Å². The first kappa shape index (κ1) is 8.06. The molecule has 1 nitrogen and oxygen atoms in total. The topological polar surface area (TPSA) is 12.5 Å². The Hall–Kier alpha value is -0.0400. The van der Waals surface area contributed by atoms with Crippen molar-refractivity contribution in [2.24, 2.45) is 0 Å². The average Bonchev–Trinajstić information content (AvgIpc) is 2.70. The average molecular weight is 142 g/mol. The van der Waals surface area contributed by atoms with E-state index in [0.29, 0.717) is 5.60 Å². The maximum absolute atomic E-state index is 5.39. The fraction of sp³-hybridized carbons (Fsp3) is 1.00. The largest absolute Gasteiger partial charge is 0.370 e.